The number of ether oxygens (including phenoxy) is 1. The SMILES string of the molecule is COc1ccccc1CNCCN1CCCCCC1. The number of rotatable bonds is 6. The van der Waals surface area contributed by atoms with Crippen LogP contribution in [0.4, 0.5) is 0 Å². The minimum Gasteiger partial charge on any atom is -0.496 e. The Hall–Kier alpha value is -1.06. The van der Waals surface area contributed by atoms with Crippen LogP contribution in [0.2, 0.25) is 0 Å². The summed E-state index contributed by atoms with van der Waals surface area (Å²) in [5.74, 6) is 0.977. The maximum Gasteiger partial charge on any atom is 0.123 e. The molecule has 3 heteroatoms. The fourth-order valence-electron chi connectivity index (χ4n) is 2.67. The Morgan fingerprint density at radius 1 is 1.11 bits per heavy atom. The Kier molecular flexibility index (Phi) is 6.18. The first-order chi connectivity index (χ1) is 9.40. The summed E-state index contributed by atoms with van der Waals surface area (Å²) in [5.41, 5.74) is 1.24. The van der Waals surface area contributed by atoms with E-state index in [1.54, 1.807) is 7.11 Å². The van der Waals surface area contributed by atoms with Crippen LogP contribution in [0.5, 0.6) is 5.75 Å². The average Bonchev–Trinajstić information content (AvgIpc) is 2.72. The summed E-state index contributed by atoms with van der Waals surface area (Å²) < 4.78 is 5.36. The zero-order chi connectivity index (χ0) is 13.3. The summed E-state index contributed by atoms with van der Waals surface area (Å²) in [4.78, 5) is 2.59. The van der Waals surface area contributed by atoms with Gasteiger partial charge in [0.15, 0.2) is 0 Å². The van der Waals surface area contributed by atoms with Gasteiger partial charge in [0.1, 0.15) is 5.75 Å². The van der Waals surface area contributed by atoms with Gasteiger partial charge in [0.05, 0.1) is 7.11 Å². The van der Waals surface area contributed by atoms with Crippen LogP contribution in [-0.2, 0) is 6.54 Å². The monoisotopic (exact) mass is 262 g/mol. The minimum absolute atomic E-state index is 0.887. The number of methoxy groups -OCH3 is 1. The van der Waals surface area contributed by atoms with Crippen molar-refractivity contribution >= 4 is 0 Å². The lowest BCUT2D eigenvalue weighted by molar-refractivity contribution is 0.284. The Morgan fingerprint density at radius 3 is 2.58 bits per heavy atom. The van der Waals surface area contributed by atoms with Crippen LogP contribution >= 0.6 is 0 Å². The van der Waals surface area contributed by atoms with Gasteiger partial charge >= 0.3 is 0 Å². The number of hydrogen-bond donors (Lipinski definition) is 1. The average molecular weight is 262 g/mol. The zero-order valence-electron chi connectivity index (χ0n) is 12.0. The van der Waals surface area contributed by atoms with E-state index in [1.807, 2.05) is 12.1 Å². The van der Waals surface area contributed by atoms with Crippen LogP contribution in [0.15, 0.2) is 24.3 Å². The van der Waals surface area contributed by atoms with Crippen molar-refractivity contribution in [3.63, 3.8) is 0 Å². The molecule has 1 aliphatic rings. The van der Waals surface area contributed by atoms with Gasteiger partial charge in [0.2, 0.25) is 0 Å². The molecule has 1 fully saturated rings. The summed E-state index contributed by atoms with van der Waals surface area (Å²) in [5, 5.41) is 3.52. The molecule has 0 atom stereocenters. The van der Waals surface area contributed by atoms with Gasteiger partial charge in [-0.05, 0) is 32.0 Å². The van der Waals surface area contributed by atoms with Gasteiger partial charge in [-0.1, -0.05) is 31.0 Å². The van der Waals surface area contributed by atoms with Crippen LogP contribution in [0.25, 0.3) is 0 Å². The third-order valence-corrected chi connectivity index (χ3v) is 3.81. The summed E-state index contributed by atoms with van der Waals surface area (Å²) in [7, 11) is 1.73. The molecule has 3 nitrogen and oxygen atoms in total. The predicted molar refractivity (Wildman–Crippen MR) is 79.6 cm³/mol. The molecule has 1 aromatic carbocycles. The first-order valence-corrected chi connectivity index (χ1v) is 7.45. The maximum atomic E-state index is 5.36. The number of para-hydroxylation sites is 1. The Balaban J connectivity index is 1.68. The third-order valence-electron chi connectivity index (χ3n) is 3.81. The smallest absolute Gasteiger partial charge is 0.123 e. The van der Waals surface area contributed by atoms with Crippen molar-refractivity contribution in [3.8, 4) is 5.75 Å². The highest BCUT2D eigenvalue weighted by Crippen LogP contribution is 2.16. The number of benzene rings is 1. The molecule has 0 saturated carbocycles. The quantitative estimate of drug-likeness (QED) is 0.798. The highest BCUT2D eigenvalue weighted by atomic mass is 16.5. The van der Waals surface area contributed by atoms with Crippen molar-refractivity contribution in [2.75, 3.05) is 33.3 Å². The second-order valence-electron chi connectivity index (χ2n) is 5.24. The van der Waals surface area contributed by atoms with Crippen molar-refractivity contribution in [2.45, 2.75) is 32.2 Å². The van der Waals surface area contributed by atoms with E-state index in [-0.39, 0.29) is 0 Å². The molecule has 1 aromatic rings. The molecule has 0 aromatic heterocycles. The number of nitrogens with one attached hydrogen (secondary N) is 1. The Bertz CT molecular complexity index is 360. The van der Waals surface area contributed by atoms with Crippen LogP contribution in [0.1, 0.15) is 31.2 Å². The molecule has 0 amide bonds. The van der Waals surface area contributed by atoms with E-state index in [0.29, 0.717) is 0 Å². The van der Waals surface area contributed by atoms with E-state index in [0.717, 1.165) is 25.4 Å². The van der Waals surface area contributed by atoms with Gasteiger partial charge in [0, 0.05) is 25.2 Å². The molecule has 19 heavy (non-hydrogen) atoms. The molecule has 0 bridgehead atoms. The van der Waals surface area contributed by atoms with E-state index in [2.05, 4.69) is 22.3 Å². The molecule has 106 valence electrons. The van der Waals surface area contributed by atoms with Crippen molar-refractivity contribution in [1.82, 2.24) is 10.2 Å². The molecule has 1 aliphatic heterocycles. The van der Waals surface area contributed by atoms with Crippen molar-refractivity contribution in [1.29, 1.82) is 0 Å². The van der Waals surface area contributed by atoms with Crippen molar-refractivity contribution in [3.05, 3.63) is 29.8 Å². The second kappa shape index (κ2) is 8.18. The number of hydrogen-bond acceptors (Lipinski definition) is 3. The Labute approximate surface area is 116 Å². The van der Waals surface area contributed by atoms with Gasteiger partial charge in [-0.25, -0.2) is 0 Å². The summed E-state index contributed by atoms with van der Waals surface area (Å²) >= 11 is 0. The van der Waals surface area contributed by atoms with Crippen molar-refractivity contribution < 1.29 is 4.74 Å². The molecule has 1 saturated heterocycles. The lowest BCUT2D eigenvalue weighted by Crippen LogP contribution is -2.32. The van der Waals surface area contributed by atoms with E-state index in [9.17, 15) is 0 Å². The van der Waals surface area contributed by atoms with Crippen molar-refractivity contribution in [2.24, 2.45) is 0 Å². The highest BCUT2D eigenvalue weighted by molar-refractivity contribution is 5.32. The summed E-state index contributed by atoms with van der Waals surface area (Å²) in [6, 6.07) is 8.22. The largest absolute Gasteiger partial charge is 0.496 e. The predicted octanol–water partition coefficient (Wildman–Crippen LogP) is 2.66. The molecule has 2 rings (SSSR count). The maximum absolute atomic E-state index is 5.36. The highest BCUT2D eigenvalue weighted by Gasteiger charge is 2.08. The fourth-order valence-corrected chi connectivity index (χ4v) is 2.67. The van der Waals surface area contributed by atoms with E-state index < -0.39 is 0 Å². The molecular formula is C16H26N2O. The van der Waals surface area contributed by atoms with Gasteiger partial charge in [-0.2, -0.15) is 0 Å². The normalized spacial score (nSPS) is 17.1. The van der Waals surface area contributed by atoms with Crippen LogP contribution < -0.4 is 10.1 Å². The first kappa shape index (κ1) is 14.4. The van der Waals surface area contributed by atoms with Gasteiger partial charge in [-0.3, -0.25) is 0 Å². The molecule has 1 N–H and O–H groups in total. The van der Waals surface area contributed by atoms with Gasteiger partial charge in [-0.15, -0.1) is 0 Å². The molecule has 1 heterocycles. The lowest BCUT2D eigenvalue weighted by Gasteiger charge is -2.20. The molecule has 0 spiro atoms. The van der Waals surface area contributed by atoms with Gasteiger partial charge in [0.25, 0.3) is 0 Å². The molecular weight excluding hydrogens is 236 g/mol. The first-order valence-electron chi connectivity index (χ1n) is 7.45. The van der Waals surface area contributed by atoms with E-state index >= 15 is 0 Å². The van der Waals surface area contributed by atoms with Crippen LogP contribution in [0, 0.1) is 0 Å². The topological polar surface area (TPSA) is 24.5 Å². The molecule has 0 aliphatic carbocycles. The lowest BCUT2D eigenvalue weighted by atomic mass is 10.2. The second-order valence-corrected chi connectivity index (χ2v) is 5.24. The minimum atomic E-state index is 0.887. The standard InChI is InChI=1S/C16H26N2O/c1-19-16-9-5-4-8-15(16)14-17-10-13-18-11-6-2-3-7-12-18/h4-5,8-9,17H,2-3,6-7,10-14H2,1H3. The van der Waals surface area contributed by atoms with E-state index in [1.165, 1.54) is 44.3 Å². The Morgan fingerprint density at radius 2 is 1.84 bits per heavy atom. The summed E-state index contributed by atoms with van der Waals surface area (Å²) in [6.45, 7) is 5.65. The number of likely N-dealkylation sites (tertiary alicyclic amines) is 1. The van der Waals surface area contributed by atoms with E-state index in [4.69, 9.17) is 4.74 Å². The van der Waals surface area contributed by atoms with Gasteiger partial charge < -0.3 is 15.0 Å². The molecule has 0 unspecified atom stereocenters. The fraction of sp³-hybridized carbons (Fsp3) is 0.625. The third kappa shape index (κ3) is 4.84. The zero-order valence-corrected chi connectivity index (χ0v) is 12.0. The molecule has 0 radical (unpaired) electrons. The number of nitrogens with zero attached hydrogens (tertiary/aromatic N) is 1. The summed E-state index contributed by atoms with van der Waals surface area (Å²) in [6.07, 6.45) is 5.55. The van der Waals surface area contributed by atoms with Crippen LogP contribution in [-0.4, -0.2) is 38.2 Å². The van der Waals surface area contributed by atoms with Crippen LogP contribution in [0.3, 0.4) is 0 Å².